The van der Waals surface area contributed by atoms with Crippen LogP contribution in [0.15, 0.2) is 0 Å². The standard InChI is InChI=1S/C13H26N2O3/c1-4-11-9-15(7-6-8-18-11)10-13(3,12(16)17)14-5-2/h11,14H,4-10H2,1-3H3,(H,16,17). The van der Waals surface area contributed by atoms with Gasteiger partial charge in [-0.15, -0.1) is 0 Å². The van der Waals surface area contributed by atoms with Crippen LogP contribution in [0.4, 0.5) is 0 Å². The van der Waals surface area contributed by atoms with Gasteiger partial charge in [-0.3, -0.25) is 9.69 Å². The third-order valence-corrected chi connectivity index (χ3v) is 3.47. The van der Waals surface area contributed by atoms with E-state index in [0.29, 0.717) is 13.1 Å². The fourth-order valence-corrected chi connectivity index (χ4v) is 2.40. The van der Waals surface area contributed by atoms with E-state index in [1.807, 2.05) is 6.92 Å². The van der Waals surface area contributed by atoms with Gasteiger partial charge in [-0.1, -0.05) is 13.8 Å². The van der Waals surface area contributed by atoms with Crippen LogP contribution in [0.1, 0.15) is 33.6 Å². The molecule has 18 heavy (non-hydrogen) atoms. The lowest BCUT2D eigenvalue weighted by Crippen LogP contribution is -2.57. The third kappa shape index (κ3) is 4.23. The monoisotopic (exact) mass is 258 g/mol. The highest BCUT2D eigenvalue weighted by molar-refractivity contribution is 5.78. The van der Waals surface area contributed by atoms with Gasteiger partial charge in [0.05, 0.1) is 6.10 Å². The van der Waals surface area contributed by atoms with Crippen LogP contribution in [0.25, 0.3) is 0 Å². The van der Waals surface area contributed by atoms with Crippen molar-refractivity contribution in [1.29, 1.82) is 0 Å². The Balaban J connectivity index is 2.64. The average Bonchev–Trinajstić information content (AvgIpc) is 2.54. The van der Waals surface area contributed by atoms with E-state index in [2.05, 4.69) is 17.1 Å². The van der Waals surface area contributed by atoms with E-state index in [4.69, 9.17) is 4.74 Å². The van der Waals surface area contributed by atoms with Crippen LogP contribution in [-0.2, 0) is 9.53 Å². The zero-order valence-electron chi connectivity index (χ0n) is 11.7. The van der Waals surface area contributed by atoms with E-state index in [1.165, 1.54) is 0 Å². The van der Waals surface area contributed by atoms with Crippen LogP contribution in [0.3, 0.4) is 0 Å². The largest absolute Gasteiger partial charge is 0.480 e. The number of hydrogen-bond acceptors (Lipinski definition) is 4. The van der Waals surface area contributed by atoms with Crippen LogP contribution in [0.5, 0.6) is 0 Å². The van der Waals surface area contributed by atoms with Crippen molar-refractivity contribution in [2.24, 2.45) is 0 Å². The topological polar surface area (TPSA) is 61.8 Å². The number of carboxylic acids is 1. The van der Waals surface area contributed by atoms with Crippen molar-refractivity contribution in [1.82, 2.24) is 10.2 Å². The summed E-state index contributed by atoms with van der Waals surface area (Å²) in [6, 6.07) is 0. The zero-order valence-corrected chi connectivity index (χ0v) is 11.7. The number of hydrogen-bond donors (Lipinski definition) is 2. The minimum atomic E-state index is -0.878. The second kappa shape index (κ2) is 7.07. The maximum atomic E-state index is 11.4. The highest BCUT2D eigenvalue weighted by Gasteiger charge is 2.35. The molecule has 0 saturated carbocycles. The molecule has 0 aliphatic carbocycles. The SMILES string of the molecule is CCNC(C)(CN1CCCOC(CC)C1)C(=O)O. The molecule has 106 valence electrons. The minimum absolute atomic E-state index is 0.229. The van der Waals surface area contributed by atoms with Crippen LogP contribution >= 0.6 is 0 Å². The predicted molar refractivity (Wildman–Crippen MR) is 70.8 cm³/mol. The lowest BCUT2D eigenvalue weighted by Gasteiger charge is -2.33. The van der Waals surface area contributed by atoms with Crippen LogP contribution in [0.2, 0.25) is 0 Å². The van der Waals surface area contributed by atoms with Crippen molar-refractivity contribution in [2.75, 3.05) is 32.8 Å². The van der Waals surface area contributed by atoms with Crippen LogP contribution in [-0.4, -0.2) is 60.4 Å². The molecule has 0 aromatic heterocycles. The molecule has 0 aromatic rings. The normalized spacial score (nSPS) is 25.4. The summed E-state index contributed by atoms with van der Waals surface area (Å²) in [7, 11) is 0. The first-order chi connectivity index (χ1) is 8.51. The molecule has 2 unspecified atom stereocenters. The second-order valence-electron chi connectivity index (χ2n) is 5.16. The Morgan fingerprint density at radius 1 is 1.56 bits per heavy atom. The maximum Gasteiger partial charge on any atom is 0.324 e. The molecule has 1 saturated heterocycles. The van der Waals surface area contributed by atoms with Crippen LogP contribution in [0, 0.1) is 0 Å². The van der Waals surface area contributed by atoms with Crippen LogP contribution < -0.4 is 5.32 Å². The predicted octanol–water partition coefficient (Wildman–Crippen LogP) is 0.940. The molecule has 5 nitrogen and oxygen atoms in total. The van der Waals surface area contributed by atoms with Gasteiger partial charge in [0.15, 0.2) is 0 Å². The van der Waals surface area contributed by atoms with Gasteiger partial charge in [0, 0.05) is 26.2 Å². The van der Waals surface area contributed by atoms with Crippen molar-refractivity contribution >= 4 is 5.97 Å². The lowest BCUT2D eigenvalue weighted by atomic mass is 10.0. The van der Waals surface area contributed by atoms with Gasteiger partial charge in [-0.2, -0.15) is 0 Å². The van der Waals surface area contributed by atoms with E-state index in [9.17, 15) is 9.90 Å². The molecule has 0 aromatic carbocycles. The number of carboxylic acid groups (broad SMARTS) is 1. The van der Waals surface area contributed by atoms with E-state index < -0.39 is 11.5 Å². The Kier molecular flexibility index (Phi) is 6.05. The summed E-state index contributed by atoms with van der Waals surface area (Å²) >= 11 is 0. The van der Waals surface area contributed by atoms with E-state index >= 15 is 0 Å². The molecule has 1 heterocycles. The van der Waals surface area contributed by atoms with E-state index in [-0.39, 0.29) is 6.10 Å². The van der Waals surface area contributed by atoms with Crippen molar-refractivity contribution in [3.63, 3.8) is 0 Å². The molecule has 2 N–H and O–H groups in total. The summed E-state index contributed by atoms with van der Waals surface area (Å²) in [6.07, 6.45) is 2.17. The first kappa shape index (κ1) is 15.4. The Morgan fingerprint density at radius 2 is 2.28 bits per heavy atom. The molecule has 1 rings (SSSR count). The Hall–Kier alpha value is -0.650. The molecular formula is C13H26N2O3. The second-order valence-corrected chi connectivity index (χ2v) is 5.16. The number of aliphatic carboxylic acids is 1. The molecule has 2 atom stereocenters. The molecule has 0 radical (unpaired) electrons. The van der Waals surface area contributed by atoms with Gasteiger partial charge in [-0.05, 0) is 26.3 Å². The lowest BCUT2D eigenvalue weighted by molar-refractivity contribution is -0.145. The van der Waals surface area contributed by atoms with Crippen molar-refractivity contribution in [2.45, 2.75) is 45.3 Å². The maximum absolute atomic E-state index is 11.4. The summed E-state index contributed by atoms with van der Waals surface area (Å²) in [5.41, 5.74) is -0.878. The Morgan fingerprint density at radius 3 is 2.83 bits per heavy atom. The highest BCUT2D eigenvalue weighted by atomic mass is 16.5. The fourth-order valence-electron chi connectivity index (χ4n) is 2.40. The summed E-state index contributed by atoms with van der Waals surface area (Å²) in [4.78, 5) is 13.6. The molecule has 1 aliphatic heterocycles. The molecule has 0 bridgehead atoms. The van der Waals surface area contributed by atoms with Gasteiger partial charge < -0.3 is 15.2 Å². The van der Waals surface area contributed by atoms with Gasteiger partial charge in [-0.25, -0.2) is 0 Å². The fraction of sp³-hybridized carbons (Fsp3) is 0.923. The van der Waals surface area contributed by atoms with Gasteiger partial charge in [0.25, 0.3) is 0 Å². The molecule has 0 amide bonds. The van der Waals surface area contributed by atoms with E-state index in [0.717, 1.165) is 32.5 Å². The number of nitrogens with one attached hydrogen (secondary N) is 1. The Labute approximate surface area is 109 Å². The molecule has 5 heteroatoms. The van der Waals surface area contributed by atoms with Gasteiger partial charge in [0.1, 0.15) is 5.54 Å². The first-order valence-corrected chi connectivity index (χ1v) is 6.84. The smallest absolute Gasteiger partial charge is 0.324 e. The minimum Gasteiger partial charge on any atom is -0.480 e. The summed E-state index contributed by atoms with van der Waals surface area (Å²) in [6.45, 7) is 9.48. The molecular weight excluding hydrogens is 232 g/mol. The number of nitrogens with zero attached hydrogens (tertiary/aromatic N) is 1. The summed E-state index contributed by atoms with van der Waals surface area (Å²) in [5.74, 6) is -0.789. The van der Waals surface area contributed by atoms with Crippen molar-refractivity contribution in [3.05, 3.63) is 0 Å². The molecule has 1 fully saturated rings. The average molecular weight is 258 g/mol. The third-order valence-electron chi connectivity index (χ3n) is 3.47. The molecule has 1 aliphatic rings. The Bertz CT molecular complexity index is 273. The number of carbonyl (C=O) groups is 1. The summed E-state index contributed by atoms with van der Waals surface area (Å²) < 4.78 is 5.71. The molecule has 0 spiro atoms. The van der Waals surface area contributed by atoms with Gasteiger partial charge >= 0.3 is 5.97 Å². The highest BCUT2D eigenvalue weighted by Crippen LogP contribution is 2.13. The van der Waals surface area contributed by atoms with E-state index in [1.54, 1.807) is 6.92 Å². The van der Waals surface area contributed by atoms with Crippen molar-refractivity contribution in [3.8, 4) is 0 Å². The van der Waals surface area contributed by atoms with Crippen molar-refractivity contribution < 1.29 is 14.6 Å². The first-order valence-electron chi connectivity index (χ1n) is 6.84. The number of likely N-dealkylation sites (N-methyl/N-ethyl adjacent to an activating group) is 1. The quantitative estimate of drug-likeness (QED) is 0.742. The number of ether oxygens (including phenoxy) is 1. The summed E-state index contributed by atoms with van der Waals surface area (Å²) in [5, 5.41) is 12.4. The zero-order chi connectivity index (χ0) is 13.6. The van der Waals surface area contributed by atoms with Gasteiger partial charge in [0.2, 0.25) is 0 Å². The number of rotatable bonds is 6.